The number of carbonyl (C=O) groups is 1. The molecule has 1 aliphatic rings. The van der Waals surface area contributed by atoms with Crippen molar-refractivity contribution in [1.29, 1.82) is 0 Å². The molecule has 2 aromatic rings. The maximum Gasteiger partial charge on any atom is 0.255 e. The van der Waals surface area contributed by atoms with Gasteiger partial charge in [-0.2, -0.15) is 4.31 Å². The van der Waals surface area contributed by atoms with Crippen molar-refractivity contribution in [3.8, 4) is 0 Å². The van der Waals surface area contributed by atoms with Crippen LogP contribution in [0.4, 0.5) is 8.78 Å². The SMILES string of the molecule is O=C(c1cc[nH]c1)N1CCN(S(=O)(=O)c2cc(F)ccc2F)CC1. The molecule has 128 valence electrons. The summed E-state index contributed by atoms with van der Waals surface area (Å²) in [6.07, 6.45) is 3.19. The lowest BCUT2D eigenvalue weighted by Gasteiger charge is -2.33. The molecular weight excluding hydrogens is 340 g/mol. The molecule has 0 atom stereocenters. The maximum atomic E-state index is 13.8. The summed E-state index contributed by atoms with van der Waals surface area (Å²) >= 11 is 0. The minimum Gasteiger partial charge on any atom is -0.367 e. The number of piperazine rings is 1. The molecule has 1 saturated heterocycles. The van der Waals surface area contributed by atoms with Gasteiger partial charge in [-0.3, -0.25) is 4.79 Å². The Hall–Kier alpha value is -2.26. The van der Waals surface area contributed by atoms with E-state index in [1.54, 1.807) is 18.5 Å². The number of hydrogen-bond acceptors (Lipinski definition) is 3. The van der Waals surface area contributed by atoms with E-state index in [1.807, 2.05) is 0 Å². The molecule has 0 saturated carbocycles. The van der Waals surface area contributed by atoms with Gasteiger partial charge in [0.25, 0.3) is 5.91 Å². The molecule has 6 nitrogen and oxygen atoms in total. The fourth-order valence-corrected chi connectivity index (χ4v) is 4.08. The Labute approximate surface area is 137 Å². The molecule has 3 rings (SSSR count). The summed E-state index contributed by atoms with van der Waals surface area (Å²) in [7, 11) is -4.14. The van der Waals surface area contributed by atoms with E-state index in [2.05, 4.69) is 4.98 Å². The number of sulfonamides is 1. The number of aromatic nitrogens is 1. The van der Waals surface area contributed by atoms with Crippen molar-refractivity contribution in [3.63, 3.8) is 0 Å². The van der Waals surface area contributed by atoms with Crippen LogP contribution in [0, 0.1) is 11.6 Å². The third-order valence-electron chi connectivity index (χ3n) is 3.88. The van der Waals surface area contributed by atoms with Crippen LogP contribution < -0.4 is 0 Å². The van der Waals surface area contributed by atoms with Gasteiger partial charge in [0.05, 0.1) is 5.56 Å². The summed E-state index contributed by atoms with van der Waals surface area (Å²) in [6.45, 7) is 0.406. The highest BCUT2D eigenvalue weighted by atomic mass is 32.2. The number of benzene rings is 1. The van der Waals surface area contributed by atoms with Gasteiger partial charge in [-0.05, 0) is 24.3 Å². The molecule has 0 unspecified atom stereocenters. The quantitative estimate of drug-likeness (QED) is 0.905. The summed E-state index contributed by atoms with van der Waals surface area (Å²) in [6, 6.07) is 3.95. The van der Waals surface area contributed by atoms with E-state index in [0.29, 0.717) is 11.6 Å². The zero-order chi connectivity index (χ0) is 17.3. The lowest BCUT2D eigenvalue weighted by molar-refractivity contribution is 0.0698. The van der Waals surface area contributed by atoms with E-state index in [1.165, 1.54) is 4.90 Å². The molecule has 2 heterocycles. The van der Waals surface area contributed by atoms with Crippen molar-refractivity contribution in [2.24, 2.45) is 0 Å². The maximum absolute atomic E-state index is 13.8. The molecule has 0 spiro atoms. The molecule has 0 aliphatic carbocycles. The number of halogens is 2. The number of hydrogen-bond donors (Lipinski definition) is 1. The summed E-state index contributed by atoms with van der Waals surface area (Å²) in [5.41, 5.74) is 0.488. The molecule has 1 aromatic heterocycles. The first-order valence-corrected chi connectivity index (χ1v) is 8.71. The second kappa shape index (κ2) is 6.33. The number of rotatable bonds is 3. The molecule has 24 heavy (non-hydrogen) atoms. The first-order valence-electron chi connectivity index (χ1n) is 7.27. The monoisotopic (exact) mass is 355 g/mol. The van der Waals surface area contributed by atoms with Crippen molar-refractivity contribution >= 4 is 15.9 Å². The van der Waals surface area contributed by atoms with Crippen LogP contribution in [-0.2, 0) is 10.0 Å². The van der Waals surface area contributed by atoms with Crippen molar-refractivity contribution in [2.45, 2.75) is 4.90 Å². The van der Waals surface area contributed by atoms with Gasteiger partial charge in [-0.15, -0.1) is 0 Å². The summed E-state index contributed by atoms with van der Waals surface area (Å²) in [4.78, 5) is 15.8. The average Bonchev–Trinajstić information content (AvgIpc) is 3.11. The molecule has 0 bridgehead atoms. The molecular formula is C15H15F2N3O3S. The standard InChI is InChI=1S/C15H15F2N3O3S/c16-12-1-2-13(17)14(9-12)24(22,23)20-7-5-19(6-8-20)15(21)11-3-4-18-10-11/h1-4,9-10,18H,5-8H2. The second-order valence-corrected chi connectivity index (χ2v) is 7.28. The van der Waals surface area contributed by atoms with Crippen LogP contribution in [0.1, 0.15) is 10.4 Å². The van der Waals surface area contributed by atoms with Gasteiger partial charge in [0.15, 0.2) is 0 Å². The largest absolute Gasteiger partial charge is 0.367 e. The zero-order valence-corrected chi connectivity index (χ0v) is 13.4. The number of aromatic amines is 1. The van der Waals surface area contributed by atoms with Crippen LogP contribution in [0.15, 0.2) is 41.6 Å². The molecule has 0 radical (unpaired) electrons. The van der Waals surface area contributed by atoms with Crippen molar-refractivity contribution in [3.05, 3.63) is 53.9 Å². The first-order chi connectivity index (χ1) is 11.4. The molecule has 1 amide bonds. The fraction of sp³-hybridized carbons (Fsp3) is 0.267. The smallest absolute Gasteiger partial charge is 0.255 e. The highest BCUT2D eigenvalue weighted by Crippen LogP contribution is 2.22. The van der Waals surface area contributed by atoms with E-state index in [4.69, 9.17) is 0 Å². The van der Waals surface area contributed by atoms with E-state index in [9.17, 15) is 22.0 Å². The van der Waals surface area contributed by atoms with Crippen molar-refractivity contribution < 1.29 is 22.0 Å². The highest BCUT2D eigenvalue weighted by molar-refractivity contribution is 7.89. The van der Waals surface area contributed by atoms with Gasteiger partial charge in [0.1, 0.15) is 16.5 Å². The van der Waals surface area contributed by atoms with Crippen molar-refractivity contribution in [2.75, 3.05) is 26.2 Å². The van der Waals surface area contributed by atoms with Gasteiger partial charge in [-0.1, -0.05) is 0 Å². The second-order valence-electron chi connectivity index (χ2n) is 5.37. The van der Waals surface area contributed by atoms with Crippen LogP contribution in [-0.4, -0.2) is 54.7 Å². The predicted molar refractivity (Wildman–Crippen MR) is 81.8 cm³/mol. The predicted octanol–water partition coefficient (Wildman–Crippen LogP) is 1.44. The number of carbonyl (C=O) groups excluding carboxylic acids is 1. The average molecular weight is 355 g/mol. The zero-order valence-electron chi connectivity index (χ0n) is 12.6. The number of nitrogens with one attached hydrogen (secondary N) is 1. The van der Waals surface area contributed by atoms with Gasteiger partial charge < -0.3 is 9.88 Å². The molecule has 1 N–H and O–H groups in total. The van der Waals surface area contributed by atoms with Crippen LogP contribution >= 0.6 is 0 Å². The summed E-state index contributed by atoms with van der Waals surface area (Å²) < 4.78 is 53.0. The minimum atomic E-state index is -4.14. The van der Waals surface area contributed by atoms with Gasteiger partial charge in [0.2, 0.25) is 10.0 Å². The highest BCUT2D eigenvalue weighted by Gasteiger charge is 2.32. The molecule has 1 aliphatic heterocycles. The third kappa shape index (κ3) is 3.04. The Kier molecular flexibility index (Phi) is 4.37. The van der Waals surface area contributed by atoms with Crippen molar-refractivity contribution in [1.82, 2.24) is 14.2 Å². The van der Waals surface area contributed by atoms with Crippen LogP contribution in [0.25, 0.3) is 0 Å². The topological polar surface area (TPSA) is 73.5 Å². The van der Waals surface area contributed by atoms with Crippen LogP contribution in [0.5, 0.6) is 0 Å². The fourth-order valence-electron chi connectivity index (χ4n) is 2.59. The van der Waals surface area contributed by atoms with Gasteiger partial charge >= 0.3 is 0 Å². The van der Waals surface area contributed by atoms with E-state index in [0.717, 1.165) is 16.4 Å². The minimum absolute atomic E-state index is 0.0223. The lowest BCUT2D eigenvalue weighted by Crippen LogP contribution is -2.50. The van der Waals surface area contributed by atoms with E-state index >= 15 is 0 Å². The van der Waals surface area contributed by atoms with Crippen LogP contribution in [0.3, 0.4) is 0 Å². The van der Waals surface area contributed by atoms with Crippen LogP contribution in [0.2, 0.25) is 0 Å². The molecule has 9 heteroatoms. The van der Waals surface area contributed by atoms with E-state index < -0.39 is 26.6 Å². The first kappa shape index (κ1) is 16.6. The lowest BCUT2D eigenvalue weighted by atomic mass is 10.2. The number of amides is 1. The normalized spacial score (nSPS) is 16.3. The number of nitrogens with zero attached hydrogens (tertiary/aromatic N) is 2. The van der Waals surface area contributed by atoms with E-state index in [-0.39, 0.29) is 32.1 Å². The third-order valence-corrected chi connectivity index (χ3v) is 5.80. The summed E-state index contributed by atoms with van der Waals surface area (Å²) in [5, 5.41) is 0. The van der Waals surface area contributed by atoms with Gasteiger partial charge in [0, 0.05) is 38.6 Å². The van der Waals surface area contributed by atoms with Gasteiger partial charge in [-0.25, -0.2) is 17.2 Å². The molecule has 1 aromatic carbocycles. The Balaban J connectivity index is 1.74. The Morgan fingerprint density at radius 2 is 1.79 bits per heavy atom. The Morgan fingerprint density at radius 3 is 2.42 bits per heavy atom. The summed E-state index contributed by atoms with van der Waals surface area (Å²) in [5.74, 6) is -2.02. The Morgan fingerprint density at radius 1 is 1.08 bits per heavy atom. The number of H-pyrrole nitrogens is 1. The molecule has 1 fully saturated rings. The Bertz CT molecular complexity index is 845.